The van der Waals surface area contributed by atoms with Crippen molar-refractivity contribution in [2.75, 3.05) is 26.8 Å². The van der Waals surface area contributed by atoms with Crippen LogP contribution in [0.2, 0.25) is 0 Å². The van der Waals surface area contributed by atoms with E-state index in [9.17, 15) is 5.11 Å². The first-order valence-corrected chi connectivity index (χ1v) is 6.52. The molecular formula is C12H21NO2S. The lowest BCUT2D eigenvalue weighted by Gasteiger charge is -2.25. The van der Waals surface area contributed by atoms with Crippen molar-refractivity contribution >= 4 is 11.3 Å². The molecule has 0 saturated carbocycles. The SMILES string of the molecule is Cc1ccsc1CCN(C)C(CO)CCO. The van der Waals surface area contributed by atoms with Gasteiger partial charge >= 0.3 is 0 Å². The van der Waals surface area contributed by atoms with Crippen LogP contribution in [0.3, 0.4) is 0 Å². The first-order valence-electron chi connectivity index (χ1n) is 5.64. The van der Waals surface area contributed by atoms with Gasteiger partial charge in [0.05, 0.1) is 6.61 Å². The van der Waals surface area contributed by atoms with Crippen molar-refractivity contribution < 1.29 is 10.2 Å². The highest BCUT2D eigenvalue weighted by atomic mass is 32.1. The van der Waals surface area contributed by atoms with Crippen LogP contribution in [0.15, 0.2) is 11.4 Å². The number of aliphatic hydroxyl groups excluding tert-OH is 2. The molecule has 1 rings (SSSR count). The Kier molecular flexibility index (Phi) is 5.98. The molecule has 0 amide bonds. The van der Waals surface area contributed by atoms with E-state index in [1.54, 1.807) is 11.3 Å². The molecule has 1 aromatic rings. The van der Waals surface area contributed by atoms with Crippen molar-refractivity contribution in [3.63, 3.8) is 0 Å². The third-order valence-corrected chi connectivity index (χ3v) is 4.04. The Morgan fingerprint density at radius 1 is 1.44 bits per heavy atom. The summed E-state index contributed by atoms with van der Waals surface area (Å²) in [7, 11) is 2.00. The average Bonchev–Trinajstić information content (AvgIpc) is 2.68. The van der Waals surface area contributed by atoms with E-state index in [1.807, 2.05) is 7.05 Å². The number of hydrogen-bond acceptors (Lipinski definition) is 4. The maximum Gasteiger partial charge on any atom is 0.0587 e. The molecule has 3 nitrogen and oxygen atoms in total. The Balaban J connectivity index is 2.39. The summed E-state index contributed by atoms with van der Waals surface area (Å²) in [6.45, 7) is 3.30. The molecule has 0 radical (unpaired) electrons. The van der Waals surface area contributed by atoms with E-state index in [0.29, 0.717) is 6.42 Å². The van der Waals surface area contributed by atoms with Crippen molar-refractivity contribution in [1.29, 1.82) is 0 Å². The molecule has 0 spiro atoms. The lowest BCUT2D eigenvalue weighted by atomic mass is 10.2. The fourth-order valence-electron chi connectivity index (χ4n) is 1.72. The van der Waals surface area contributed by atoms with Crippen LogP contribution in [0.1, 0.15) is 16.9 Å². The summed E-state index contributed by atoms with van der Waals surface area (Å²) >= 11 is 1.79. The maximum atomic E-state index is 9.19. The fraction of sp³-hybridized carbons (Fsp3) is 0.667. The van der Waals surface area contributed by atoms with Gasteiger partial charge in [0.2, 0.25) is 0 Å². The Morgan fingerprint density at radius 2 is 2.19 bits per heavy atom. The minimum absolute atomic E-state index is 0.0743. The van der Waals surface area contributed by atoms with Crippen molar-refractivity contribution in [3.8, 4) is 0 Å². The second kappa shape index (κ2) is 7.01. The second-order valence-corrected chi connectivity index (χ2v) is 5.11. The zero-order valence-electron chi connectivity index (χ0n) is 10.0. The number of aryl methyl sites for hydroxylation is 1. The number of aliphatic hydroxyl groups is 2. The lowest BCUT2D eigenvalue weighted by Crippen LogP contribution is -2.36. The second-order valence-electron chi connectivity index (χ2n) is 4.11. The number of likely N-dealkylation sites (N-methyl/N-ethyl adjacent to an activating group) is 1. The highest BCUT2D eigenvalue weighted by Crippen LogP contribution is 2.16. The molecule has 0 bridgehead atoms. The van der Waals surface area contributed by atoms with E-state index >= 15 is 0 Å². The van der Waals surface area contributed by atoms with Crippen molar-refractivity contribution in [1.82, 2.24) is 4.90 Å². The molecule has 0 aromatic carbocycles. The van der Waals surface area contributed by atoms with Gasteiger partial charge < -0.3 is 15.1 Å². The topological polar surface area (TPSA) is 43.7 Å². The Bertz CT molecular complexity index is 301. The van der Waals surface area contributed by atoms with Gasteiger partial charge in [-0.3, -0.25) is 0 Å². The summed E-state index contributed by atoms with van der Waals surface area (Å²) in [5.41, 5.74) is 1.35. The predicted octanol–water partition coefficient (Wildman–Crippen LogP) is 1.27. The van der Waals surface area contributed by atoms with Crippen molar-refractivity contribution in [2.45, 2.75) is 25.8 Å². The minimum atomic E-state index is 0.0743. The van der Waals surface area contributed by atoms with Gasteiger partial charge in [-0.1, -0.05) is 0 Å². The van der Waals surface area contributed by atoms with Crippen LogP contribution in [0.4, 0.5) is 0 Å². The van der Waals surface area contributed by atoms with Crippen LogP contribution in [0, 0.1) is 6.92 Å². The van der Waals surface area contributed by atoms with E-state index in [4.69, 9.17) is 5.11 Å². The third-order valence-electron chi connectivity index (χ3n) is 2.96. The highest BCUT2D eigenvalue weighted by Gasteiger charge is 2.13. The molecule has 2 N–H and O–H groups in total. The Labute approximate surface area is 101 Å². The molecule has 1 atom stereocenters. The summed E-state index contributed by atoms with van der Waals surface area (Å²) in [5.74, 6) is 0. The van der Waals surface area contributed by atoms with Gasteiger partial charge in [-0.25, -0.2) is 0 Å². The van der Waals surface area contributed by atoms with E-state index < -0.39 is 0 Å². The van der Waals surface area contributed by atoms with Crippen LogP contribution >= 0.6 is 11.3 Å². The minimum Gasteiger partial charge on any atom is -0.396 e. The normalized spacial score (nSPS) is 13.3. The molecular weight excluding hydrogens is 222 g/mol. The van der Waals surface area contributed by atoms with Crippen LogP contribution in [-0.4, -0.2) is 48.0 Å². The molecule has 1 unspecified atom stereocenters. The molecule has 1 heterocycles. The van der Waals surface area contributed by atoms with Gasteiger partial charge in [0.25, 0.3) is 0 Å². The lowest BCUT2D eigenvalue weighted by molar-refractivity contribution is 0.120. The number of nitrogens with zero attached hydrogens (tertiary/aromatic N) is 1. The van der Waals surface area contributed by atoms with Gasteiger partial charge in [0.15, 0.2) is 0 Å². The Hall–Kier alpha value is -0.420. The van der Waals surface area contributed by atoms with Crippen molar-refractivity contribution in [3.05, 3.63) is 21.9 Å². The summed E-state index contributed by atoms with van der Waals surface area (Å²) in [5, 5.41) is 20.2. The molecule has 1 aromatic heterocycles. The number of rotatable bonds is 7. The summed E-state index contributed by atoms with van der Waals surface area (Å²) in [6, 6.07) is 2.21. The highest BCUT2D eigenvalue weighted by molar-refractivity contribution is 7.10. The molecule has 0 aliphatic rings. The van der Waals surface area contributed by atoms with Gasteiger partial charge in [-0.05, 0) is 43.8 Å². The van der Waals surface area contributed by atoms with E-state index in [1.165, 1.54) is 10.4 Å². The third kappa shape index (κ3) is 3.87. The maximum absolute atomic E-state index is 9.19. The van der Waals surface area contributed by atoms with Gasteiger partial charge in [-0.15, -0.1) is 11.3 Å². The largest absolute Gasteiger partial charge is 0.396 e. The fourth-order valence-corrected chi connectivity index (χ4v) is 2.62. The summed E-state index contributed by atoms with van der Waals surface area (Å²) in [6.07, 6.45) is 1.65. The zero-order valence-corrected chi connectivity index (χ0v) is 10.8. The standard InChI is InChI=1S/C12H21NO2S/c1-10-5-8-16-12(10)3-6-13(2)11(9-15)4-7-14/h5,8,11,14-15H,3-4,6-7,9H2,1-2H3. The van der Waals surface area contributed by atoms with Crippen molar-refractivity contribution in [2.24, 2.45) is 0 Å². The summed E-state index contributed by atoms with van der Waals surface area (Å²) < 4.78 is 0. The van der Waals surface area contributed by atoms with Gasteiger partial charge in [0.1, 0.15) is 0 Å². The molecule has 92 valence electrons. The number of thiophene rings is 1. The zero-order chi connectivity index (χ0) is 12.0. The molecule has 0 saturated heterocycles. The molecule has 16 heavy (non-hydrogen) atoms. The van der Waals surface area contributed by atoms with Crippen LogP contribution in [0.5, 0.6) is 0 Å². The quantitative estimate of drug-likeness (QED) is 0.758. The van der Waals surface area contributed by atoms with Crippen LogP contribution < -0.4 is 0 Å². The van der Waals surface area contributed by atoms with E-state index in [0.717, 1.165) is 13.0 Å². The molecule has 0 fully saturated rings. The molecule has 0 aliphatic heterocycles. The Morgan fingerprint density at radius 3 is 2.69 bits per heavy atom. The summed E-state index contributed by atoms with van der Waals surface area (Å²) in [4.78, 5) is 3.53. The first kappa shape index (κ1) is 13.6. The van der Waals surface area contributed by atoms with E-state index in [-0.39, 0.29) is 19.3 Å². The van der Waals surface area contributed by atoms with Gasteiger partial charge in [0, 0.05) is 24.1 Å². The predicted molar refractivity (Wildman–Crippen MR) is 68.0 cm³/mol. The van der Waals surface area contributed by atoms with Crippen LogP contribution in [0.25, 0.3) is 0 Å². The number of hydrogen-bond donors (Lipinski definition) is 2. The van der Waals surface area contributed by atoms with Gasteiger partial charge in [-0.2, -0.15) is 0 Å². The monoisotopic (exact) mass is 243 g/mol. The first-order chi connectivity index (χ1) is 7.69. The van der Waals surface area contributed by atoms with E-state index in [2.05, 4.69) is 23.3 Å². The van der Waals surface area contributed by atoms with Crippen LogP contribution in [-0.2, 0) is 6.42 Å². The molecule has 0 aliphatic carbocycles. The average molecular weight is 243 g/mol. The molecule has 4 heteroatoms. The smallest absolute Gasteiger partial charge is 0.0587 e.